The molecule has 3 aliphatic heterocycles. The van der Waals surface area contributed by atoms with Crippen molar-refractivity contribution in [1.82, 2.24) is 10.2 Å². The first-order valence-corrected chi connectivity index (χ1v) is 13.8. The van der Waals surface area contributed by atoms with Gasteiger partial charge in [0.05, 0.1) is 11.4 Å². The van der Waals surface area contributed by atoms with Crippen molar-refractivity contribution in [1.29, 1.82) is 0 Å². The molecule has 0 aliphatic carbocycles. The Morgan fingerprint density at radius 3 is 2.64 bits per heavy atom. The highest BCUT2D eigenvalue weighted by Crippen LogP contribution is 2.45. The van der Waals surface area contributed by atoms with E-state index in [0.717, 1.165) is 25.3 Å². The van der Waals surface area contributed by atoms with E-state index in [-0.39, 0.29) is 0 Å². The fourth-order valence-electron chi connectivity index (χ4n) is 6.60. The van der Waals surface area contributed by atoms with Crippen molar-refractivity contribution < 1.29 is 0 Å². The van der Waals surface area contributed by atoms with Crippen molar-refractivity contribution in [3.8, 4) is 11.1 Å². The second-order valence-electron chi connectivity index (χ2n) is 11.3. The first-order chi connectivity index (χ1) is 17.5. The minimum absolute atomic E-state index is 0.630. The lowest BCUT2D eigenvalue weighted by Gasteiger charge is -2.40. The predicted octanol–water partition coefficient (Wildman–Crippen LogP) is 7.27. The quantitative estimate of drug-likeness (QED) is 0.426. The SMILES string of the molecule is Cc1ccccc1-c1cc(CC2CCCN(C(C)C)C2)cc2c1CNC1=CCc3cccc(C)c3N12. The highest BCUT2D eigenvalue weighted by molar-refractivity contribution is 5.85. The maximum atomic E-state index is 3.77. The van der Waals surface area contributed by atoms with Crippen LogP contribution in [0.2, 0.25) is 0 Å². The monoisotopic (exact) mass is 477 g/mol. The van der Waals surface area contributed by atoms with Crippen molar-refractivity contribution in [2.24, 2.45) is 5.92 Å². The molecule has 1 atom stereocenters. The minimum Gasteiger partial charge on any atom is -0.367 e. The number of para-hydroxylation sites is 1. The molecule has 3 nitrogen and oxygen atoms in total. The van der Waals surface area contributed by atoms with E-state index in [2.05, 4.69) is 103 Å². The van der Waals surface area contributed by atoms with Crippen molar-refractivity contribution in [2.45, 2.75) is 66.0 Å². The van der Waals surface area contributed by atoms with E-state index >= 15 is 0 Å². The van der Waals surface area contributed by atoms with Gasteiger partial charge in [0.25, 0.3) is 0 Å². The maximum Gasteiger partial charge on any atom is 0.107 e. The smallest absolute Gasteiger partial charge is 0.107 e. The Bertz CT molecular complexity index is 1320. The lowest BCUT2D eigenvalue weighted by molar-refractivity contribution is 0.139. The highest BCUT2D eigenvalue weighted by atomic mass is 15.3. The second kappa shape index (κ2) is 9.44. The molecule has 1 fully saturated rings. The topological polar surface area (TPSA) is 18.5 Å². The Balaban J connectivity index is 1.49. The summed E-state index contributed by atoms with van der Waals surface area (Å²) < 4.78 is 0. The molecule has 0 bridgehead atoms. The largest absolute Gasteiger partial charge is 0.367 e. The third kappa shape index (κ3) is 4.14. The van der Waals surface area contributed by atoms with Gasteiger partial charge in [-0.15, -0.1) is 0 Å². The maximum absolute atomic E-state index is 3.77. The molecular formula is C33H39N3. The van der Waals surface area contributed by atoms with Crippen LogP contribution in [0.5, 0.6) is 0 Å². The Hall–Kier alpha value is -3.04. The van der Waals surface area contributed by atoms with Crippen LogP contribution in [-0.4, -0.2) is 24.0 Å². The van der Waals surface area contributed by atoms with Crippen LogP contribution < -0.4 is 10.2 Å². The Morgan fingerprint density at radius 2 is 1.81 bits per heavy atom. The van der Waals surface area contributed by atoms with Crippen LogP contribution in [0.25, 0.3) is 11.1 Å². The van der Waals surface area contributed by atoms with Gasteiger partial charge >= 0.3 is 0 Å². The molecule has 0 saturated carbocycles. The summed E-state index contributed by atoms with van der Waals surface area (Å²) in [7, 11) is 0. The number of allylic oxidation sites excluding steroid dienone is 1. The molecule has 3 aromatic carbocycles. The van der Waals surface area contributed by atoms with Gasteiger partial charge in [0.15, 0.2) is 0 Å². The van der Waals surface area contributed by atoms with Crippen LogP contribution in [0.3, 0.4) is 0 Å². The Labute approximate surface area is 216 Å². The molecule has 1 saturated heterocycles. The Kier molecular flexibility index (Phi) is 6.13. The van der Waals surface area contributed by atoms with E-state index in [0.29, 0.717) is 6.04 Å². The van der Waals surface area contributed by atoms with Gasteiger partial charge in [-0.2, -0.15) is 0 Å². The third-order valence-corrected chi connectivity index (χ3v) is 8.51. The van der Waals surface area contributed by atoms with Crippen molar-refractivity contribution in [3.63, 3.8) is 0 Å². The number of benzene rings is 3. The molecule has 6 rings (SSSR count). The van der Waals surface area contributed by atoms with E-state index < -0.39 is 0 Å². The van der Waals surface area contributed by atoms with E-state index in [1.807, 2.05) is 0 Å². The number of hydrogen-bond acceptors (Lipinski definition) is 3. The molecule has 3 heteroatoms. The number of nitrogens with zero attached hydrogens (tertiary/aromatic N) is 2. The molecular weight excluding hydrogens is 438 g/mol. The first-order valence-electron chi connectivity index (χ1n) is 13.8. The molecule has 186 valence electrons. The zero-order valence-electron chi connectivity index (χ0n) is 22.3. The van der Waals surface area contributed by atoms with Gasteiger partial charge in [0, 0.05) is 24.7 Å². The summed E-state index contributed by atoms with van der Waals surface area (Å²) in [5.41, 5.74) is 12.5. The van der Waals surface area contributed by atoms with Crippen molar-refractivity contribution in [3.05, 3.63) is 94.3 Å². The molecule has 0 radical (unpaired) electrons. The fraction of sp³-hybridized carbons (Fsp3) is 0.394. The summed E-state index contributed by atoms with van der Waals surface area (Å²) in [4.78, 5) is 5.18. The van der Waals surface area contributed by atoms with E-state index in [4.69, 9.17) is 0 Å². The van der Waals surface area contributed by atoms with E-state index in [9.17, 15) is 0 Å². The van der Waals surface area contributed by atoms with Gasteiger partial charge in [-0.25, -0.2) is 0 Å². The van der Waals surface area contributed by atoms with Gasteiger partial charge in [-0.3, -0.25) is 4.90 Å². The number of likely N-dealkylation sites (tertiary alicyclic amines) is 1. The molecule has 1 unspecified atom stereocenters. The zero-order valence-corrected chi connectivity index (χ0v) is 22.3. The van der Waals surface area contributed by atoms with Crippen LogP contribution in [-0.2, 0) is 19.4 Å². The number of hydrogen-bond donors (Lipinski definition) is 1. The minimum atomic E-state index is 0.630. The average molecular weight is 478 g/mol. The summed E-state index contributed by atoms with van der Waals surface area (Å²) in [5, 5.41) is 3.77. The van der Waals surface area contributed by atoms with Crippen LogP contribution >= 0.6 is 0 Å². The summed E-state index contributed by atoms with van der Waals surface area (Å²) in [6, 6.07) is 21.3. The van der Waals surface area contributed by atoms with Gasteiger partial charge < -0.3 is 10.2 Å². The molecule has 0 amide bonds. The average Bonchev–Trinajstić information content (AvgIpc) is 2.88. The van der Waals surface area contributed by atoms with E-state index in [1.54, 1.807) is 0 Å². The number of piperidine rings is 1. The molecule has 0 spiro atoms. The molecule has 36 heavy (non-hydrogen) atoms. The summed E-state index contributed by atoms with van der Waals surface area (Å²) in [5.74, 6) is 1.96. The molecule has 1 N–H and O–H groups in total. The number of nitrogens with one attached hydrogen (secondary N) is 1. The zero-order chi connectivity index (χ0) is 24.8. The molecule has 3 aliphatic rings. The van der Waals surface area contributed by atoms with Gasteiger partial charge in [-0.1, -0.05) is 48.5 Å². The highest BCUT2D eigenvalue weighted by Gasteiger charge is 2.31. The van der Waals surface area contributed by atoms with Gasteiger partial charge in [-0.05, 0) is 111 Å². The molecule has 3 aromatic rings. The standard InChI is InChI=1S/C33H39N3/c1-22(2)35-16-8-11-25(21-35)17-26-18-29(28-13-6-5-9-23(28)3)30-20-34-32-15-14-27-12-7-10-24(4)33(27)36(32)31(30)19-26/h5-7,9-10,12-13,15,18-19,22,25,34H,8,11,14,16-17,20-21H2,1-4H3. The van der Waals surface area contributed by atoms with Crippen LogP contribution in [0.15, 0.2) is 66.5 Å². The van der Waals surface area contributed by atoms with Crippen molar-refractivity contribution in [2.75, 3.05) is 18.0 Å². The van der Waals surface area contributed by atoms with Gasteiger partial charge in [0.1, 0.15) is 5.82 Å². The normalized spacial score (nSPS) is 19.3. The second-order valence-corrected chi connectivity index (χ2v) is 11.3. The number of rotatable bonds is 4. The summed E-state index contributed by atoms with van der Waals surface area (Å²) >= 11 is 0. The third-order valence-electron chi connectivity index (χ3n) is 8.51. The van der Waals surface area contributed by atoms with E-state index in [1.165, 1.54) is 82.1 Å². The van der Waals surface area contributed by atoms with Crippen molar-refractivity contribution >= 4 is 11.4 Å². The molecule has 0 aromatic heterocycles. The first kappa shape index (κ1) is 23.4. The number of anilines is 2. The fourth-order valence-corrected chi connectivity index (χ4v) is 6.60. The number of fused-ring (bicyclic) bond motifs is 5. The van der Waals surface area contributed by atoms with Crippen LogP contribution in [0.1, 0.15) is 54.5 Å². The lowest BCUT2D eigenvalue weighted by Crippen LogP contribution is -2.40. The summed E-state index contributed by atoms with van der Waals surface area (Å²) in [6.07, 6.45) is 7.15. The summed E-state index contributed by atoms with van der Waals surface area (Å²) in [6.45, 7) is 12.5. The Morgan fingerprint density at radius 1 is 0.972 bits per heavy atom. The lowest BCUT2D eigenvalue weighted by atomic mass is 9.86. The van der Waals surface area contributed by atoms with Crippen LogP contribution in [0.4, 0.5) is 11.4 Å². The predicted molar refractivity (Wildman–Crippen MR) is 152 cm³/mol. The van der Waals surface area contributed by atoms with Gasteiger partial charge in [0.2, 0.25) is 0 Å². The molecule has 3 heterocycles. The number of aryl methyl sites for hydroxylation is 2. The van der Waals surface area contributed by atoms with Crippen LogP contribution in [0, 0.1) is 19.8 Å².